The van der Waals surface area contributed by atoms with Gasteiger partial charge in [0.25, 0.3) is 5.91 Å². The van der Waals surface area contributed by atoms with E-state index in [2.05, 4.69) is 10.0 Å². The highest BCUT2D eigenvalue weighted by atomic mass is 32.2. The molecular weight excluding hydrogens is 332 g/mol. The van der Waals surface area contributed by atoms with E-state index in [4.69, 9.17) is 4.74 Å². The number of hydrogen-bond donors (Lipinski definition) is 2. The quantitative estimate of drug-likeness (QED) is 0.720. The van der Waals surface area contributed by atoms with Gasteiger partial charge < -0.3 is 10.1 Å². The molecule has 0 saturated heterocycles. The standard InChI is InChI=1S/C16H24N2O5S/c1-5-9-17-14(19)11-23-15(20)12-7-6-8-13(10-12)24(21,22)18-16(2,3)4/h6-8,10,18H,5,9,11H2,1-4H3,(H,17,19). The summed E-state index contributed by atoms with van der Waals surface area (Å²) >= 11 is 0. The maximum atomic E-state index is 12.3. The van der Waals surface area contributed by atoms with Crippen LogP contribution in [0, 0.1) is 0 Å². The molecular formula is C16H24N2O5S. The Morgan fingerprint density at radius 2 is 1.88 bits per heavy atom. The molecule has 0 aliphatic carbocycles. The number of carbonyl (C=O) groups is 2. The average molecular weight is 356 g/mol. The van der Waals surface area contributed by atoms with E-state index < -0.39 is 34.0 Å². The van der Waals surface area contributed by atoms with E-state index in [1.54, 1.807) is 20.8 Å². The normalized spacial score (nSPS) is 11.8. The monoisotopic (exact) mass is 356 g/mol. The molecule has 0 bridgehead atoms. The lowest BCUT2D eigenvalue weighted by atomic mass is 10.1. The number of nitrogens with one attached hydrogen (secondary N) is 2. The summed E-state index contributed by atoms with van der Waals surface area (Å²) in [4.78, 5) is 23.4. The number of sulfonamides is 1. The van der Waals surface area contributed by atoms with Crippen molar-refractivity contribution >= 4 is 21.9 Å². The predicted octanol–water partition coefficient (Wildman–Crippen LogP) is 1.45. The molecule has 0 spiro atoms. The third-order valence-corrected chi connectivity index (χ3v) is 4.48. The first-order chi connectivity index (χ1) is 11.0. The van der Waals surface area contributed by atoms with Crippen molar-refractivity contribution in [2.24, 2.45) is 0 Å². The zero-order valence-electron chi connectivity index (χ0n) is 14.4. The van der Waals surface area contributed by atoms with Crippen molar-refractivity contribution in [1.82, 2.24) is 10.0 Å². The summed E-state index contributed by atoms with van der Waals surface area (Å²) in [5.41, 5.74) is -0.581. The number of benzene rings is 1. The smallest absolute Gasteiger partial charge is 0.338 e. The molecule has 0 radical (unpaired) electrons. The highest BCUT2D eigenvalue weighted by Gasteiger charge is 2.23. The van der Waals surface area contributed by atoms with Gasteiger partial charge in [0, 0.05) is 12.1 Å². The lowest BCUT2D eigenvalue weighted by Crippen LogP contribution is -2.40. The Bertz CT molecular complexity index is 693. The van der Waals surface area contributed by atoms with Crippen molar-refractivity contribution in [3.8, 4) is 0 Å². The Balaban J connectivity index is 2.81. The van der Waals surface area contributed by atoms with Crippen molar-refractivity contribution < 1.29 is 22.7 Å². The van der Waals surface area contributed by atoms with Crippen LogP contribution in [0.5, 0.6) is 0 Å². The molecule has 134 valence electrons. The summed E-state index contributed by atoms with van der Waals surface area (Å²) in [7, 11) is -3.75. The fraction of sp³-hybridized carbons (Fsp3) is 0.500. The second-order valence-electron chi connectivity index (χ2n) is 6.31. The molecule has 0 heterocycles. The first kappa shape index (κ1) is 20.1. The van der Waals surface area contributed by atoms with E-state index in [9.17, 15) is 18.0 Å². The molecule has 1 aromatic carbocycles. The maximum absolute atomic E-state index is 12.3. The second-order valence-corrected chi connectivity index (χ2v) is 7.99. The zero-order chi connectivity index (χ0) is 18.4. The van der Waals surface area contributed by atoms with Crippen molar-refractivity contribution in [3.05, 3.63) is 29.8 Å². The van der Waals surface area contributed by atoms with Gasteiger partial charge in [-0.05, 0) is 45.4 Å². The van der Waals surface area contributed by atoms with E-state index in [0.717, 1.165) is 6.42 Å². The molecule has 8 heteroatoms. The summed E-state index contributed by atoms with van der Waals surface area (Å²) in [6, 6.07) is 5.49. The van der Waals surface area contributed by atoms with Crippen LogP contribution >= 0.6 is 0 Å². The topological polar surface area (TPSA) is 102 Å². The van der Waals surface area contributed by atoms with Gasteiger partial charge in [0.1, 0.15) is 0 Å². The van der Waals surface area contributed by atoms with Crippen molar-refractivity contribution in [1.29, 1.82) is 0 Å². The molecule has 24 heavy (non-hydrogen) atoms. The van der Waals surface area contributed by atoms with Crippen LogP contribution in [0.25, 0.3) is 0 Å². The fourth-order valence-corrected chi connectivity index (χ4v) is 3.25. The van der Waals surface area contributed by atoms with Crippen molar-refractivity contribution in [2.45, 2.75) is 44.6 Å². The van der Waals surface area contributed by atoms with Gasteiger partial charge in [-0.1, -0.05) is 13.0 Å². The van der Waals surface area contributed by atoms with Gasteiger partial charge in [0.2, 0.25) is 10.0 Å². The van der Waals surface area contributed by atoms with Gasteiger partial charge in [-0.2, -0.15) is 0 Å². The Hall–Kier alpha value is -1.93. The summed E-state index contributed by atoms with van der Waals surface area (Å²) in [5, 5.41) is 2.58. The molecule has 2 N–H and O–H groups in total. The molecule has 0 aliphatic heterocycles. The Labute approximate surface area is 142 Å². The summed E-state index contributed by atoms with van der Waals surface area (Å²) in [6.45, 7) is 7.16. The molecule has 0 aromatic heterocycles. The van der Waals surface area contributed by atoms with Gasteiger partial charge >= 0.3 is 5.97 Å². The Morgan fingerprint density at radius 3 is 2.46 bits per heavy atom. The minimum atomic E-state index is -3.75. The van der Waals surface area contributed by atoms with E-state index in [-0.39, 0.29) is 10.5 Å². The lowest BCUT2D eigenvalue weighted by molar-refractivity contribution is -0.124. The number of rotatable bonds is 7. The van der Waals surface area contributed by atoms with Gasteiger partial charge in [-0.25, -0.2) is 17.9 Å². The highest BCUT2D eigenvalue weighted by Crippen LogP contribution is 2.15. The van der Waals surface area contributed by atoms with Gasteiger partial charge in [-0.3, -0.25) is 4.79 Å². The molecule has 1 rings (SSSR count). The first-order valence-corrected chi connectivity index (χ1v) is 9.11. The summed E-state index contributed by atoms with van der Waals surface area (Å²) in [6.07, 6.45) is 0.778. The summed E-state index contributed by atoms with van der Waals surface area (Å²) < 4.78 is 32.0. The predicted molar refractivity (Wildman–Crippen MR) is 90.1 cm³/mol. The third-order valence-electron chi connectivity index (χ3n) is 2.73. The Kier molecular flexibility index (Phi) is 6.92. The minimum Gasteiger partial charge on any atom is -0.452 e. The minimum absolute atomic E-state index is 0.0395. The molecule has 1 amide bonds. The maximum Gasteiger partial charge on any atom is 0.338 e. The van der Waals surface area contributed by atoms with E-state index >= 15 is 0 Å². The third kappa shape index (κ3) is 6.67. The van der Waals surface area contributed by atoms with Crippen LogP contribution in [0.15, 0.2) is 29.2 Å². The van der Waals surface area contributed by atoms with E-state index in [1.807, 2.05) is 6.92 Å². The number of amides is 1. The van der Waals surface area contributed by atoms with E-state index in [1.165, 1.54) is 24.3 Å². The Morgan fingerprint density at radius 1 is 1.21 bits per heavy atom. The van der Waals surface area contributed by atoms with Crippen LogP contribution in [-0.4, -0.2) is 39.0 Å². The summed E-state index contributed by atoms with van der Waals surface area (Å²) in [5.74, 6) is -1.15. The fourth-order valence-electron chi connectivity index (χ4n) is 1.78. The largest absolute Gasteiger partial charge is 0.452 e. The molecule has 0 atom stereocenters. The van der Waals surface area contributed by atoms with Crippen molar-refractivity contribution in [2.75, 3.05) is 13.2 Å². The number of hydrogen-bond acceptors (Lipinski definition) is 5. The van der Waals surface area contributed by atoms with Crippen LogP contribution < -0.4 is 10.0 Å². The number of esters is 1. The SMILES string of the molecule is CCCNC(=O)COC(=O)c1cccc(S(=O)(=O)NC(C)(C)C)c1. The van der Waals surface area contributed by atoms with Crippen LogP contribution in [0.3, 0.4) is 0 Å². The lowest BCUT2D eigenvalue weighted by Gasteiger charge is -2.20. The molecule has 1 aromatic rings. The molecule has 0 unspecified atom stereocenters. The molecule has 7 nitrogen and oxygen atoms in total. The van der Waals surface area contributed by atoms with Crippen LogP contribution in [0.4, 0.5) is 0 Å². The molecule has 0 aliphatic rings. The highest BCUT2D eigenvalue weighted by molar-refractivity contribution is 7.89. The van der Waals surface area contributed by atoms with Gasteiger partial charge in [0.05, 0.1) is 10.5 Å². The van der Waals surface area contributed by atoms with Crippen LogP contribution in [0.1, 0.15) is 44.5 Å². The number of ether oxygens (including phenoxy) is 1. The van der Waals surface area contributed by atoms with Gasteiger partial charge in [0.15, 0.2) is 6.61 Å². The van der Waals surface area contributed by atoms with Crippen molar-refractivity contribution in [3.63, 3.8) is 0 Å². The van der Waals surface area contributed by atoms with Crippen LogP contribution in [-0.2, 0) is 19.6 Å². The second kappa shape index (κ2) is 8.25. The average Bonchev–Trinajstić information content (AvgIpc) is 2.48. The van der Waals surface area contributed by atoms with Gasteiger partial charge in [-0.15, -0.1) is 0 Å². The zero-order valence-corrected chi connectivity index (χ0v) is 15.2. The van der Waals surface area contributed by atoms with Crippen LogP contribution in [0.2, 0.25) is 0 Å². The molecule has 0 fully saturated rings. The molecule has 0 saturated carbocycles. The van der Waals surface area contributed by atoms with E-state index in [0.29, 0.717) is 6.54 Å². The number of carbonyl (C=O) groups excluding carboxylic acids is 2. The first-order valence-electron chi connectivity index (χ1n) is 7.63.